The quantitative estimate of drug-likeness (QED) is 0.647. The van der Waals surface area contributed by atoms with Crippen LogP contribution in [0.5, 0.6) is 0 Å². The van der Waals surface area contributed by atoms with E-state index in [2.05, 4.69) is 5.32 Å². The maximum absolute atomic E-state index is 12.8. The van der Waals surface area contributed by atoms with Gasteiger partial charge in [-0.15, -0.1) is 0 Å². The third-order valence-corrected chi connectivity index (χ3v) is 6.78. The lowest BCUT2D eigenvalue weighted by Gasteiger charge is -2.28. The molecule has 3 aromatic rings. The highest BCUT2D eigenvalue weighted by Gasteiger charge is 2.29. The van der Waals surface area contributed by atoms with E-state index in [1.165, 1.54) is 0 Å². The smallest absolute Gasteiger partial charge is 0.308 e. The molecule has 0 bridgehead atoms. The first-order chi connectivity index (χ1) is 13.6. The van der Waals surface area contributed by atoms with Gasteiger partial charge in [0.25, 0.3) is 0 Å². The molecule has 1 unspecified atom stereocenters. The summed E-state index contributed by atoms with van der Waals surface area (Å²) in [7, 11) is -3.68. The molecule has 0 spiro atoms. The number of amides is 1. The largest absolute Gasteiger partial charge is 0.324 e. The lowest BCUT2D eigenvalue weighted by Crippen LogP contribution is -2.45. The van der Waals surface area contributed by atoms with Crippen molar-refractivity contribution >= 4 is 48.9 Å². The first-order valence-electron chi connectivity index (χ1n) is 9.12. The second-order valence-electron chi connectivity index (χ2n) is 6.86. The maximum atomic E-state index is 12.8. The van der Waals surface area contributed by atoms with Crippen LogP contribution in [-0.4, -0.2) is 31.2 Å². The van der Waals surface area contributed by atoms with Gasteiger partial charge in [0.15, 0.2) is 0 Å². The Morgan fingerprint density at radius 2 is 1.97 bits per heavy atom. The number of rotatable bonds is 6. The number of carbonyl (C=O) groups excluding carboxylic acids is 1. The molecule has 1 heterocycles. The fourth-order valence-electron chi connectivity index (χ4n) is 3.26. The Hall–Kier alpha value is -2.65. The second-order valence-corrected chi connectivity index (χ2v) is 9.71. The third-order valence-electron chi connectivity index (χ3n) is 4.60. The van der Waals surface area contributed by atoms with E-state index >= 15 is 0 Å². The van der Waals surface area contributed by atoms with Crippen molar-refractivity contribution in [1.29, 1.82) is 0 Å². The Bertz CT molecular complexity index is 1230. The van der Waals surface area contributed by atoms with E-state index in [1.54, 1.807) is 47.9 Å². The highest BCUT2D eigenvalue weighted by Crippen LogP contribution is 2.25. The van der Waals surface area contributed by atoms with E-state index in [-0.39, 0.29) is 4.87 Å². The Morgan fingerprint density at radius 1 is 1.24 bits per heavy atom. The van der Waals surface area contributed by atoms with Gasteiger partial charge in [-0.2, -0.15) is 0 Å². The van der Waals surface area contributed by atoms with E-state index in [0.717, 1.165) is 37.7 Å². The average Bonchev–Trinajstić information content (AvgIpc) is 2.94. The molecule has 154 valence electrons. The summed E-state index contributed by atoms with van der Waals surface area (Å²) in [5, 5.41) is 2.77. The van der Waals surface area contributed by atoms with Crippen LogP contribution in [0.4, 0.5) is 11.4 Å². The topological polar surface area (TPSA) is 88.5 Å². The molecule has 1 atom stereocenters. The van der Waals surface area contributed by atoms with E-state index in [1.807, 2.05) is 19.9 Å². The number of sulfonamides is 1. The first kappa shape index (κ1) is 21.1. The van der Waals surface area contributed by atoms with Crippen LogP contribution in [0.2, 0.25) is 0 Å². The monoisotopic (exact) mass is 433 g/mol. The predicted octanol–water partition coefficient (Wildman–Crippen LogP) is 3.18. The van der Waals surface area contributed by atoms with Gasteiger partial charge >= 0.3 is 4.87 Å². The van der Waals surface area contributed by atoms with Crippen molar-refractivity contribution in [2.24, 2.45) is 0 Å². The van der Waals surface area contributed by atoms with Crippen molar-refractivity contribution < 1.29 is 13.2 Å². The minimum atomic E-state index is -3.68. The zero-order valence-electron chi connectivity index (χ0n) is 16.7. The number of nitrogens with zero attached hydrogens (tertiary/aromatic N) is 2. The summed E-state index contributed by atoms with van der Waals surface area (Å²) >= 11 is 1.11. The fraction of sp³-hybridized carbons (Fsp3) is 0.300. The van der Waals surface area contributed by atoms with Crippen LogP contribution < -0.4 is 14.5 Å². The van der Waals surface area contributed by atoms with E-state index in [9.17, 15) is 18.0 Å². The van der Waals surface area contributed by atoms with Gasteiger partial charge in [-0.1, -0.05) is 23.5 Å². The van der Waals surface area contributed by atoms with Crippen molar-refractivity contribution in [2.75, 3.05) is 15.9 Å². The summed E-state index contributed by atoms with van der Waals surface area (Å²) in [5.74, 6) is -0.460. The van der Waals surface area contributed by atoms with Crippen LogP contribution >= 0.6 is 11.3 Å². The fourth-order valence-corrected chi connectivity index (χ4v) is 5.43. The molecule has 0 aliphatic rings. The Morgan fingerprint density at radius 3 is 2.59 bits per heavy atom. The number of aryl methyl sites for hydroxylation is 2. The lowest BCUT2D eigenvalue weighted by molar-refractivity contribution is -0.116. The van der Waals surface area contributed by atoms with Gasteiger partial charge in [0.05, 0.1) is 22.2 Å². The summed E-state index contributed by atoms with van der Waals surface area (Å²) in [5.41, 5.74) is 2.65. The normalized spacial score (nSPS) is 12.7. The van der Waals surface area contributed by atoms with Crippen LogP contribution in [0, 0.1) is 6.92 Å². The SMILES string of the molecule is CCn1c(=O)sc2cc(NC(=O)C(C)N(c3cccc(C)c3)S(C)(=O)=O)ccc21. The molecule has 29 heavy (non-hydrogen) atoms. The summed E-state index contributed by atoms with van der Waals surface area (Å²) in [6.45, 7) is 5.87. The van der Waals surface area contributed by atoms with Gasteiger partial charge in [-0.3, -0.25) is 18.5 Å². The standard InChI is InChI=1S/C20H23N3O4S2/c1-5-22-17-10-9-15(12-18(17)28-20(22)25)21-19(24)14(3)23(29(4,26)27)16-8-6-7-13(2)11-16/h6-12,14H,5H2,1-4H3,(H,21,24). The van der Waals surface area contributed by atoms with Crippen molar-refractivity contribution in [3.8, 4) is 0 Å². The zero-order valence-corrected chi connectivity index (χ0v) is 18.3. The van der Waals surface area contributed by atoms with E-state index < -0.39 is 22.0 Å². The summed E-state index contributed by atoms with van der Waals surface area (Å²) in [4.78, 5) is 24.8. The molecule has 0 saturated carbocycles. The number of nitrogens with one attached hydrogen (secondary N) is 1. The van der Waals surface area contributed by atoms with Crippen LogP contribution in [-0.2, 0) is 21.4 Å². The van der Waals surface area contributed by atoms with Crippen LogP contribution in [0.1, 0.15) is 19.4 Å². The van der Waals surface area contributed by atoms with Gasteiger partial charge in [-0.25, -0.2) is 8.42 Å². The maximum Gasteiger partial charge on any atom is 0.308 e. The van der Waals surface area contributed by atoms with E-state index in [4.69, 9.17) is 0 Å². The molecule has 0 fully saturated rings. The number of fused-ring (bicyclic) bond motifs is 1. The van der Waals surface area contributed by atoms with Gasteiger partial charge < -0.3 is 5.32 Å². The molecule has 0 radical (unpaired) electrons. The number of aromatic nitrogens is 1. The Labute approximate surface area is 173 Å². The highest BCUT2D eigenvalue weighted by atomic mass is 32.2. The average molecular weight is 434 g/mol. The van der Waals surface area contributed by atoms with Crippen molar-refractivity contribution in [3.63, 3.8) is 0 Å². The number of hydrogen-bond donors (Lipinski definition) is 1. The van der Waals surface area contributed by atoms with Crippen LogP contribution in [0.15, 0.2) is 47.3 Å². The van der Waals surface area contributed by atoms with Gasteiger partial charge in [0, 0.05) is 12.2 Å². The van der Waals surface area contributed by atoms with Gasteiger partial charge in [0.1, 0.15) is 6.04 Å². The van der Waals surface area contributed by atoms with Crippen LogP contribution in [0.3, 0.4) is 0 Å². The molecule has 2 aromatic carbocycles. The second kappa shape index (κ2) is 8.00. The predicted molar refractivity (Wildman–Crippen MR) is 118 cm³/mol. The Kier molecular flexibility index (Phi) is 5.81. The molecule has 7 nitrogen and oxygen atoms in total. The van der Waals surface area contributed by atoms with Crippen molar-refractivity contribution in [3.05, 3.63) is 57.7 Å². The molecule has 0 aliphatic carbocycles. The summed E-state index contributed by atoms with van der Waals surface area (Å²) < 4.78 is 28.3. The molecule has 0 saturated heterocycles. The number of anilines is 2. The lowest BCUT2D eigenvalue weighted by atomic mass is 10.2. The number of carbonyl (C=O) groups is 1. The van der Waals surface area contributed by atoms with Crippen molar-refractivity contribution in [2.45, 2.75) is 33.4 Å². The molecule has 3 rings (SSSR count). The zero-order chi connectivity index (χ0) is 21.3. The van der Waals surface area contributed by atoms with Crippen LogP contribution in [0.25, 0.3) is 10.2 Å². The molecule has 0 aliphatic heterocycles. The van der Waals surface area contributed by atoms with Gasteiger partial charge in [0.2, 0.25) is 15.9 Å². The number of hydrogen-bond acceptors (Lipinski definition) is 5. The summed E-state index contributed by atoms with van der Waals surface area (Å²) in [6.07, 6.45) is 1.08. The molecular weight excluding hydrogens is 410 g/mol. The van der Waals surface area contributed by atoms with Crippen molar-refractivity contribution in [1.82, 2.24) is 4.57 Å². The van der Waals surface area contributed by atoms with E-state index in [0.29, 0.717) is 17.9 Å². The number of thiazole rings is 1. The minimum Gasteiger partial charge on any atom is -0.324 e. The molecular formula is C20H23N3O4S2. The minimum absolute atomic E-state index is 0.0537. The highest BCUT2D eigenvalue weighted by molar-refractivity contribution is 7.92. The number of benzene rings is 2. The first-order valence-corrected chi connectivity index (χ1v) is 11.8. The van der Waals surface area contributed by atoms with Gasteiger partial charge in [-0.05, 0) is 56.7 Å². The third kappa shape index (κ3) is 4.35. The molecule has 9 heteroatoms. The molecule has 1 amide bonds. The Balaban J connectivity index is 1.90. The molecule has 1 aromatic heterocycles. The summed E-state index contributed by atoms with van der Waals surface area (Å²) in [6, 6.07) is 11.3. The molecule has 1 N–H and O–H groups in total.